The highest BCUT2D eigenvalue weighted by Gasteiger charge is 2.25. The van der Waals surface area contributed by atoms with Crippen molar-refractivity contribution in [3.63, 3.8) is 0 Å². The van der Waals surface area contributed by atoms with E-state index in [0.717, 1.165) is 10.9 Å². The zero-order chi connectivity index (χ0) is 22.6. The zero-order valence-electron chi connectivity index (χ0n) is 17.7. The molecule has 0 saturated carbocycles. The average Bonchev–Trinajstić information content (AvgIpc) is 2.82. The summed E-state index contributed by atoms with van der Waals surface area (Å²) in [5.41, 5.74) is 1.76. The molecule has 0 spiro atoms. The smallest absolute Gasteiger partial charge is 0.252 e. The molecule has 1 heterocycles. The number of aromatic nitrogens is 1. The standard InChI is InChI=1S/C25H24N2O4S/c1-31-22-12-13-24-20(17-22)16-21(25(28)26-24)18-27(15-14-19-8-4-2-5-9-19)32(29,30)23-10-6-3-7-11-23/h2-13,16-17H,14-15,18H2,1H3,(H,26,28). The molecule has 0 aliphatic carbocycles. The van der Waals surface area contributed by atoms with Crippen molar-refractivity contribution < 1.29 is 13.2 Å². The van der Waals surface area contributed by atoms with Crippen molar-refractivity contribution >= 4 is 20.9 Å². The number of aromatic amines is 1. The maximum Gasteiger partial charge on any atom is 0.252 e. The van der Waals surface area contributed by atoms with Crippen LogP contribution in [0.1, 0.15) is 11.1 Å². The number of nitrogens with one attached hydrogen (secondary N) is 1. The molecular weight excluding hydrogens is 424 g/mol. The first kappa shape index (κ1) is 21.8. The molecule has 6 nitrogen and oxygen atoms in total. The van der Waals surface area contributed by atoms with Gasteiger partial charge in [-0.1, -0.05) is 48.5 Å². The van der Waals surface area contributed by atoms with Gasteiger partial charge in [0.25, 0.3) is 5.56 Å². The van der Waals surface area contributed by atoms with Crippen molar-refractivity contribution in [3.8, 4) is 5.75 Å². The van der Waals surface area contributed by atoms with Gasteiger partial charge in [-0.15, -0.1) is 0 Å². The highest BCUT2D eigenvalue weighted by Crippen LogP contribution is 2.22. The van der Waals surface area contributed by atoms with E-state index in [0.29, 0.717) is 23.3 Å². The van der Waals surface area contributed by atoms with Crippen LogP contribution in [0.3, 0.4) is 0 Å². The van der Waals surface area contributed by atoms with Gasteiger partial charge in [0.05, 0.1) is 12.0 Å². The molecule has 4 rings (SSSR count). The number of rotatable bonds is 8. The van der Waals surface area contributed by atoms with Crippen LogP contribution in [-0.4, -0.2) is 31.4 Å². The first-order chi connectivity index (χ1) is 15.5. The highest BCUT2D eigenvalue weighted by molar-refractivity contribution is 7.89. The highest BCUT2D eigenvalue weighted by atomic mass is 32.2. The zero-order valence-corrected chi connectivity index (χ0v) is 18.5. The van der Waals surface area contributed by atoms with E-state index in [4.69, 9.17) is 4.74 Å². The Labute approximate surface area is 187 Å². The molecular formula is C25H24N2O4S. The lowest BCUT2D eigenvalue weighted by Gasteiger charge is -2.22. The minimum atomic E-state index is -3.80. The monoisotopic (exact) mass is 448 g/mol. The molecule has 32 heavy (non-hydrogen) atoms. The largest absolute Gasteiger partial charge is 0.497 e. The molecule has 0 saturated heterocycles. The predicted molar refractivity (Wildman–Crippen MR) is 125 cm³/mol. The fourth-order valence-corrected chi connectivity index (χ4v) is 5.03. The molecule has 4 aromatic rings. The molecule has 164 valence electrons. The third-order valence-corrected chi connectivity index (χ3v) is 7.21. The molecule has 7 heteroatoms. The summed E-state index contributed by atoms with van der Waals surface area (Å²) in [4.78, 5) is 15.8. The van der Waals surface area contributed by atoms with E-state index in [1.165, 1.54) is 4.31 Å². The normalized spacial score (nSPS) is 11.7. The molecule has 0 atom stereocenters. The summed E-state index contributed by atoms with van der Waals surface area (Å²) in [6.07, 6.45) is 0.534. The number of H-pyrrole nitrogens is 1. The number of benzene rings is 3. The van der Waals surface area contributed by atoms with E-state index in [9.17, 15) is 13.2 Å². The molecule has 0 bridgehead atoms. The summed E-state index contributed by atoms with van der Waals surface area (Å²) in [6, 6.07) is 25.1. The summed E-state index contributed by atoms with van der Waals surface area (Å²) in [5.74, 6) is 0.660. The Bertz CT molecular complexity index is 1370. The van der Waals surface area contributed by atoms with Gasteiger partial charge in [0.15, 0.2) is 0 Å². The SMILES string of the molecule is COc1ccc2[nH]c(=O)c(CN(CCc3ccccc3)S(=O)(=O)c3ccccc3)cc2c1. The van der Waals surface area contributed by atoms with E-state index in [1.807, 2.05) is 36.4 Å². The third-order valence-electron chi connectivity index (χ3n) is 5.35. The Morgan fingerprint density at radius 3 is 2.28 bits per heavy atom. The van der Waals surface area contributed by atoms with Gasteiger partial charge in [0, 0.05) is 29.6 Å². The van der Waals surface area contributed by atoms with Crippen LogP contribution < -0.4 is 10.3 Å². The second-order valence-electron chi connectivity index (χ2n) is 7.46. The van der Waals surface area contributed by atoms with Crippen molar-refractivity contribution in [3.05, 3.63) is 106 Å². The van der Waals surface area contributed by atoms with E-state index in [2.05, 4.69) is 4.98 Å². The van der Waals surface area contributed by atoms with Gasteiger partial charge >= 0.3 is 0 Å². The minimum Gasteiger partial charge on any atom is -0.497 e. The van der Waals surface area contributed by atoms with Crippen molar-refractivity contribution in [2.75, 3.05) is 13.7 Å². The fourth-order valence-electron chi connectivity index (χ4n) is 3.59. The minimum absolute atomic E-state index is 0.0352. The van der Waals surface area contributed by atoms with Gasteiger partial charge in [0.2, 0.25) is 10.0 Å². The fraction of sp³-hybridized carbons (Fsp3) is 0.160. The number of hydrogen-bond acceptors (Lipinski definition) is 4. The molecule has 3 aromatic carbocycles. The Morgan fingerprint density at radius 1 is 0.906 bits per heavy atom. The number of sulfonamides is 1. The van der Waals surface area contributed by atoms with Crippen LogP contribution in [0.2, 0.25) is 0 Å². The van der Waals surface area contributed by atoms with Gasteiger partial charge in [0.1, 0.15) is 5.75 Å². The Morgan fingerprint density at radius 2 is 1.59 bits per heavy atom. The Kier molecular flexibility index (Phi) is 6.39. The molecule has 0 amide bonds. The number of pyridine rings is 1. The van der Waals surface area contributed by atoms with Crippen LogP contribution in [0.25, 0.3) is 10.9 Å². The van der Waals surface area contributed by atoms with Crippen LogP contribution in [0.5, 0.6) is 5.75 Å². The second-order valence-corrected chi connectivity index (χ2v) is 9.40. The summed E-state index contributed by atoms with van der Waals surface area (Å²) >= 11 is 0. The number of ether oxygens (including phenoxy) is 1. The van der Waals surface area contributed by atoms with E-state index in [1.54, 1.807) is 55.6 Å². The molecule has 0 unspecified atom stereocenters. The molecule has 1 N–H and O–H groups in total. The third kappa shape index (κ3) is 4.74. The lowest BCUT2D eigenvalue weighted by atomic mass is 10.1. The lowest BCUT2D eigenvalue weighted by molar-refractivity contribution is 0.408. The first-order valence-electron chi connectivity index (χ1n) is 10.3. The van der Waals surface area contributed by atoms with Crippen LogP contribution in [0.15, 0.2) is 94.6 Å². The van der Waals surface area contributed by atoms with Crippen LogP contribution >= 0.6 is 0 Å². The van der Waals surface area contributed by atoms with Crippen LogP contribution in [-0.2, 0) is 23.0 Å². The Hall–Kier alpha value is -3.42. The number of hydrogen-bond donors (Lipinski definition) is 1. The van der Waals surface area contributed by atoms with Crippen molar-refractivity contribution in [2.45, 2.75) is 17.9 Å². The van der Waals surface area contributed by atoms with Crippen LogP contribution in [0.4, 0.5) is 0 Å². The van der Waals surface area contributed by atoms with E-state index in [-0.39, 0.29) is 23.5 Å². The lowest BCUT2D eigenvalue weighted by Crippen LogP contribution is -2.34. The average molecular weight is 449 g/mol. The summed E-state index contributed by atoms with van der Waals surface area (Å²) in [5, 5.41) is 0.777. The van der Waals surface area contributed by atoms with Crippen molar-refractivity contribution in [1.29, 1.82) is 0 Å². The predicted octanol–water partition coefficient (Wildman–Crippen LogP) is 3.97. The summed E-state index contributed by atoms with van der Waals surface area (Å²) in [6.45, 7) is 0.212. The molecule has 0 aliphatic rings. The summed E-state index contributed by atoms with van der Waals surface area (Å²) < 4.78 is 33.5. The second kappa shape index (κ2) is 9.38. The van der Waals surface area contributed by atoms with Gasteiger partial charge in [-0.3, -0.25) is 4.79 Å². The molecule has 0 radical (unpaired) electrons. The molecule has 1 aromatic heterocycles. The van der Waals surface area contributed by atoms with E-state index < -0.39 is 10.0 Å². The Balaban J connectivity index is 1.71. The maximum atomic E-state index is 13.4. The topological polar surface area (TPSA) is 79.5 Å². The first-order valence-corrected chi connectivity index (χ1v) is 11.7. The summed E-state index contributed by atoms with van der Waals surface area (Å²) in [7, 11) is -2.22. The molecule has 0 fully saturated rings. The van der Waals surface area contributed by atoms with Crippen molar-refractivity contribution in [1.82, 2.24) is 9.29 Å². The maximum absolute atomic E-state index is 13.4. The van der Waals surface area contributed by atoms with Gasteiger partial charge in [-0.2, -0.15) is 4.31 Å². The van der Waals surface area contributed by atoms with Crippen LogP contribution in [0, 0.1) is 0 Å². The number of nitrogens with zero attached hydrogens (tertiary/aromatic N) is 1. The van der Waals surface area contributed by atoms with Gasteiger partial charge < -0.3 is 9.72 Å². The van der Waals surface area contributed by atoms with Gasteiger partial charge in [-0.05, 0) is 48.4 Å². The molecule has 0 aliphatic heterocycles. The van der Waals surface area contributed by atoms with E-state index >= 15 is 0 Å². The quantitative estimate of drug-likeness (QED) is 0.442. The number of methoxy groups -OCH3 is 1. The van der Waals surface area contributed by atoms with Gasteiger partial charge in [-0.25, -0.2) is 8.42 Å². The number of fused-ring (bicyclic) bond motifs is 1. The van der Waals surface area contributed by atoms with Crippen molar-refractivity contribution in [2.24, 2.45) is 0 Å².